The van der Waals surface area contributed by atoms with Crippen molar-refractivity contribution in [2.45, 2.75) is 32.2 Å². The molecule has 0 spiro atoms. The smallest absolute Gasteiger partial charge is 0.223 e. The predicted octanol–water partition coefficient (Wildman–Crippen LogP) is 1.80. The summed E-state index contributed by atoms with van der Waals surface area (Å²) in [5, 5.41) is 11.1. The zero-order valence-electron chi connectivity index (χ0n) is 16.6. The van der Waals surface area contributed by atoms with E-state index < -0.39 is 0 Å². The third-order valence-corrected chi connectivity index (χ3v) is 5.17. The van der Waals surface area contributed by atoms with Gasteiger partial charge in [0, 0.05) is 31.4 Å². The first kappa shape index (κ1) is 19.3. The van der Waals surface area contributed by atoms with E-state index in [1.165, 1.54) is 0 Å². The molecule has 2 N–H and O–H groups in total. The number of para-hydroxylation sites is 1. The maximum absolute atomic E-state index is 12.1. The molecule has 1 unspecified atom stereocenters. The molecule has 8 heteroatoms. The minimum atomic E-state index is -0.0404. The molecule has 4 rings (SSSR count). The van der Waals surface area contributed by atoms with Gasteiger partial charge in [0.2, 0.25) is 5.91 Å². The predicted molar refractivity (Wildman–Crippen MR) is 110 cm³/mol. The minimum absolute atomic E-state index is 0.0404. The van der Waals surface area contributed by atoms with Gasteiger partial charge in [-0.05, 0) is 31.5 Å². The van der Waals surface area contributed by atoms with Crippen LogP contribution in [0.2, 0.25) is 0 Å². The number of aryl methyl sites for hydroxylation is 1. The zero-order valence-corrected chi connectivity index (χ0v) is 16.6. The molecule has 29 heavy (non-hydrogen) atoms. The molecule has 8 nitrogen and oxygen atoms in total. The zero-order chi connectivity index (χ0) is 20.1. The van der Waals surface area contributed by atoms with Gasteiger partial charge in [-0.3, -0.25) is 4.79 Å². The largest absolute Gasteiger partial charge is 0.493 e. The Bertz CT molecular complexity index is 980. The number of carbonyl (C=O) groups is 1. The molecule has 1 atom stereocenters. The molecule has 1 fully saturated rings. The van der Waals surface area contributed by atoms with E-state index in [1.54, 1.807) is 12.4 Å². The molecular formula is C21H26N6O2. The first-order valence-electron chi connectivity index (χ1n) is 10.1. The van der Waals surface area contributed by atoms with Crippen LogP contribution in [0.25, 0.3) is 11.2 Å². The molecule has 152 valence electrons. The first-order chi connectivity index (χ1) is 14.2. The summed E-state index contributed by atoms with van der Waals surface area (Å²) in [6.07, 6.45) is 4.75. The number of nitrogens with one attached hydrogen (secondary N) is 2. The second-order valence-corrected chi connectivity index (χ2v) is 7.24. The van der Waals surface area contributed by atoms with E-state index in [9.17, 15) is 4.79 Å². The van der Waals surface area contributed by atoms with Crippen LogP contribution in [0.1, 0.15) is 30.0 Å². The van der Waals surface area contributed by atoms with Crippen LogP contribution in [-0.4, -0.2) is 51.9 Å². The third-order valence-electron chi connectivity index (χ3n) is 5.17. The van der Waals surface area contributed by atoms with Crippen LogP contribution in [0, 0.1) is 6.92 Å². The maximum Gasteiger partial charge on any atom is 0.223 e. The fraction of sp³-hybridized carbons (Fsp3) is 0.429. The van der Waals surface area contributed by atoms with Gasteiger partial charge in [-0.25, -0.2) is 14.6 Å². The first-order valence-corrected chi connectivity index (χ1v) is 10.1. The Morgan fingerprint density at radius 1 is 1.31 bits per heavy atom. The highest BCUT2D eigenvalue weighted by molar-refractivity contribution is 5.76. The molecule has 3 aromatic rings. The summed E-state index contributed by atoms with van der Waals surface area (Å²) in [6, 6.07) is 7.79. The standard InChI is InChI=1S/C21H26N6O2/c1-15-4-2-3-5-17(15)29-13-7-18(28)23-11-12-27-21-20(24-9-10-25-21)19(26-27)16-6-8-22-14-16/h2-5,9-10,16,22H,6-8,11-14H2,1H3,(H,23,28). The second kappa shape index (κ2) is 9.00. The summed E-state index contributed by atoms with van der Waals surface area (Å²) in [6.45, 7) is 5.30. The molecule has 1 aliphatic heterocycles. The number of ether oxygens (including phenoxy) is 1. The van der Waals surface area contributed by atoms with Crippen molar-refractivity contribution in [2.75, 3.05) is 26.2 Å². The Labute approximate surface area is 169 Å². The summed E-state index contributed by atoms with van der Waals surface area (Å²) in [5.41, 5.74) is 3.69. The third kappa shape index (κ3) is 4.54. The fourth-order valence-electron chi connectivity index (χ4n) is 3.61. The molecule has 1 aromatic carbocycles. The van der Waals surface area contributed by atoms with Gasteiger partial charge < -0.3 is 15.4 Å². The fourth-order valence-corrected chi connectivity index (χ4v) is 3.61. The van der Waals surface area contributed by atoms with E-state index in [0.717, 1.165) is 47.7 Å². The quantitative estimate of drug-likeness (QED) is 0.605. The van der Waals surface area contributed by atoms with Crippen molar-refractivity contribution in [2.24, 2.45) is 0 Å². The highest BCUT2D eigenvalue weighted by Gasteiger charge is 2.24. The summed E-state index contributed by atoms with van der Waals surface area (Å²) in [7, 11) is 0. The maximum atomic E-state index is 12.1. The highest BCUT2D eigenvalue weighted by atomic mass is 16.5. The Kier molecular flexibility index (Phi) is 6.00. The molecule has 1 aliphatic rings. The van der Waals surface area contributed by atoms with E-state index >= 15 is 0 Å². The van der Waals surface area contributed by atoms with Crippen LogP contribution >= 0.6 is 0 Å². The van der Waals surface area contributed by atoms with Crippen molar-refractivity contribution < 1.29 is 9.53 Å². The normalized spacial score (nSPS) is 16.2. The number of amides is 1. The van der Waals surface area contributed by atoms with E-state index in [4.69, 9.17) is 9.84 Å². The number of hydrogen-bond donors (Lipinski definition) is 2. The van der Waals surface area contributed by atoms with Crippen LogP contribution < -0.4 is 15.4 Å². The van der Waals surface area contributed by atoms with Crippen LogP contribution in [0.5, 0.6) is 5.75 Å². The number of fused-ring (bicyclic) bond motifs is 1. The van der Waals surface area contributed by atoms with Crippen molar-refractivity contribution in [1.82, 2.24) is 30.4 Å². The number of benzene rings is 1. The minimum Gasteiger partial charge on any atom is -0.493 e. The van der Waals surface area contributed by atoms with Gasteiger partial charge in [-0.15, -0.1) is 0 Å². The van der Waals surface area contributed by atoms with Crippen molar-refractivity contribution in [1.29, 1.82) is 0 Å². The number of aromatic nitrogens is 4. The Morgan fingerprint density at radius 2 is 2.17 bits per heavy atom. The summed E-state index contributed by atoms with van der Waals surface area (Å²) in [5.74, 6) is 1.14. The lowest BCUT2D eigenvalue weighted by Gasteiger charge is -2.09. The molecular weight excluding hydrogens is 368 g/mol. The number of hydrogen-bond acceptors (Lipinski definition) is 6. The summed E-state index contributed by atoms with van der Waals surface area (Å²) < 4.78 is 7.53. The number of carbonyl (C=O) groups excluding carboxylic acids is 1. The van der Waals surface area contributed by atoms with Crippen molar-refractivity contribution >= 4 is 17.1 Å². The molecule has 0 bridgehead atoms. The lowest BCUT2D eigenvalue weighted by Crippen LogP contribution is -2.28. The number of nitrogens with zero attached hydrogens (tertiary/aromatic N) is 4. The molecule has 2 aromatic heterocycles. The van der Waals surface area contributed by atoms with Crippen LogP contribution in [-0.2, 0) is 11.3 Å². The van der Waals surface area contributed by atoms with Crippen LogP contribution in [0.4, 0.5) is 0 Å². The van der Waals surface area contributed by atoms with Crippen molar-refractivity contribution in [3.63, 3.8) is 0 Å². The Hall–Kier alpha value is -3.00. The molecule has 1 saturated heterocycles. The average molecular weight is 394 g/mol. The van der Waals surface area contributed by atoms with Crippen LogP contribution in [0.15, 0.2) is 36.7 Å². The lowest BCUT2D eigenvalue weighted by molar-refractivity contribution is -0.121. The van der Waals surface area contributed by atoms with Gasteiger partial charge >= 0.3 is 0 Å². The number of rotatable bonds is 8. The van der Waals surface area contributed by atoms with Gasteiger partial charge in [0.1, 0.15) is 11.3 Å². The molecule has 1 amide bonds. The Morgan fingerprint density at radius 3 is 3.00 bits per heavy atom. The summed E-state index contributed by atoms with van der Waals surface area (Å²) in [4.78, 5) is 21.1. The van der Waals surface area contributed by atoms with Gasteiger partial charge in [-0.2, -0.15) is 5.10 Å². The van der Waals surface area contributed by atoms with Crippen molar-refractivity contribution in [3.8, 4) is 5.75 Å². The van der Waals surface area contributed by atoms with E-state index in [0.29, 0.717) is 32.0 Å². The topological polar surface area (TPSA) is 94.0 Å². The van der Waals surface area contributed by atoms with Crippen LogP contribution in [0.3, 0.4) is 0 Å². The Balaban J connectivity index is 1.29. The SMILES string of the molecule is Cc1ccccc1OCCC(=O)NCCn1nc(C2CCNC2)c2nccnc21. The van der Waals surface area contributed by atoms with Gasteiger partial charge in [-0.1, -0.05) is 18.2 Å². The van der Waals surface area contributed by atoms with Crippen molar-refractivity contribution in [3.05, 3.63) is 47.9 Å². The summed E-state index contributed by atoms with van der Waals surface area (Å²) >= 11 is 0. The molecule has 0 saturated carbocycles. The van der Waals surface area contributed by atoms with E-state index in [1.807, 2.05) is 35.9 Å². The van der Waals surface area contributed by atoms with Gasteiger partial charge in [0.05, 0.1) is 25.3 Å². The molecule has 0 aliphatic carbocycles. The molecule has 3 heterocycles. The molecule has 0 radical (unpaired) electrons. The highest BCUT2D eigenvalue weighted by Crippen LogP contribution is 2.26. The van der Waals surface area contributed by atoms with E-state index in [2.05, 4.69) is 20.6 Å². The average Bonchev–Trinajstić information content (AvgIpc) is 3.38. The second-order valence-electron chi connectivity index (χ2n) is 7.24. The monoisotopic (exact) mass is 394 g/mol. The lowest BCUT2D eigenvalue weighted by atomic mass is 10.0. The van der Waals surface area contributed by atoms with E-state index in [-0.39, 0.29) is 5.91 Å². The van der Waals surface area contributed by atoms with Gasteiger partial charge in [0.15, 0.2) is 5.65 Å². The van der Waals surface area contributed by atoms with Gasteiger partial charge in [0.25, 0.3) is 0 Å².